The zero-order valence-electron chi connectivity index (χ0n) is 10.7. The van der Waals surface area contributed by atoms with E-state index in [9.17, 15) is 17.1 Å². The predicted molar refractivity (Wildman–Crippen MR) is 81.8 cm³/mol. The topological polar surface area (TPSA) is 63.2 Å². The van der Waals surface area contributed by atoms with Crippen LogP contribution in [0.4, 0.5) is 9.57 Å². The van der Waals surface area contributed by atoms with Crippen LogP contribution in [0.25, 0.3) is 0 Å². The van der Waals surface area contributed by atoms with E-state index in [2.05, 4.69) is 21.2 Å². The molecule has 4 nitrogen and oxygen atoms in total. The van der Waals surface area contributed by atoms with Gasteiger partial charge in [-0.3, -0.25) is 4.79 Å². The fraction of sp³-hybridized carbons (Fsp3) is 0.0714. The fourth-order valence-corrected chi connectivity index (χ4v) is 2.48. The summed E-state index contributed by atoms with van der Waals surface area (Å²) in [6.07, 6.45) is 0. The van der Waals surface area contributed by atoms with E-state index in [1.165, 1.54) is 12.1 Å². The maximum Gasteiger partial charge on any atom is 0.332 e. The highest BCUT2D eigenvalue weighted by Gasteiger charge is 2.13. The zero-order chi connectivity index (χ0) is 15.5. The molecule has 0 bridgehead atoms. The minimum Gasteiger partial charge on any atom is -0.322 e. The molecular formula is C14H11BrFNO3S. The minimum absolute atomic E-state index is 0.243. The van der Waals surface area contributed by atoms with Gasteiger partial charge in [-0.05, 0) is 42.0 Å². The third kappa shape index (κ3) is 4.12. The number of nitrogens with one attached hydrogen (secondary N) is 1. The first-order chi connectivity index (χ1) is 9.90. The molecule has 0 aliphatic heterocycles. The normalized spacial score (nSPS) is 11.1. The number of carbonyl (C=O) groups is 1. The second kappa shape index (κ2) is 6.36. The first kappa shape index (κ1) is 15.7. The third-order valence-electron chi connectivity index (χ3n) is 2.76. The van der Waals surface area contributed by atoms with Crippen molar-refractivity contribution >= 4 is 37.7 Å². The summed E-state index contributed by atoms with van der Waals surface area (Å²) in [6, 6.07) is 11.9. The van der Waals surface area contributed by atoms with Crippen molar-refractivity contribution in [3.63, 3.8) is 0 Å². The molecule has 0 radical (unpaired) electrons. The monoisotopic (exact) mass is 371 g/mol. The molecular weight excluding hydrogens is 361 g/mol. The summed E-state index contributed by atoms with van der Waals surface area (Å²) in [5.41, 5.74) is 1.93. The summed E-state index contributed by atoms with van der Waals surface area (Å²) in [5, 5.41) is 3.39. The van der Waals surface area contributed by atoms with Crippen molar-refractivity contribution in [1.29, 1.82) is 0 Å². The number of anilines is 1. The molecule has 0 heterocycles. The highest BCUT2D eigenvalue weighted by Crippen LogP contribution is 2.16. The third-order valence-corrected chi connectivity index (χ3v) is 4.25. The molecule has 0 aliphatic rings. The van der Waals surface area contributed by atoms with Crippen molar-refractivity contribution in [2.45, 2.75) is 10.2 Å². The molecule has 1 amide bonds. The molecule has 110 valence electrons. The number of carbonyl (C=O) groups excluding carboxylic acids is 1. The highest BCUT2D eigenvalue weighted by atomic mass is 79.9. The molecule has 0 saturated carbocycles. The molecule has 0 aromatic heterocycles. The lowest BCUT2D eigenvalue weighted by atomic mass is 10.2. The summed E-state index contributed by atoms with van der Waals surface area (Å²) >= 11 is 3.33. The van der Waals surface area contributed by atoms with E-state index in [1.54, 1.807) is 12.1 Å². The van der Waals surface area contributed by atoms with E-state index in [1.807, 2.05) is 12.1 Å². The van der Waals surface area contributed by atoms with Crippen LogP contribution in [0.15, 0.2) is 53.4 Å². The Morgan fingerprint density at radius 2 is 1.62 bits per heavy atom. The molecule has 0 unspecified atom stereocenters. The van der Waals surface area contributed by atoms with Gasteiger partial charge in [-0.25, -0.2) is 0 Å². The molecule has 1 N–H and O–H groups in total. The molecule has 0 fully saturated rings. The Bertz CT molecular complexity index is 743. The lowest BCUT2D eigenvalue weighted by molar-refractivity contribution is 0.102. The lowest BCUT2D eigenvalue weighted by Crippen LogP contribution is -2.11. The van der Waals surface area contributed by atoms with Crippen molar-refractivity contribution in [3.05, 3.63) is 59.7 Å². The van der Waals surface area contributed by atoms with Crippen molar-refractivity contribution < 1.29 is 17.1 Å². The van der Waals surface area contributed by atoms with E-state index in [0.29, 0.717) is 5.69 Å². The van der Waals surface area contributed by atoms with Gasteiger partial charge in [0.05, 0.1) is 4.90 Å². The van der Waals surface area contributed by atoms with Crippen molar-refractivity contribution in [2.24, 2.45) is 0 Å². The number of benzene rings is 2. The van der Waals surface area contributed by atoms with Crippen molar-refractivity contribution in [2.75, 3.05) is 5.32 Å². The van der Waals surface area contributed by atoms with Crippen LogP contribution in [-0.2, 0) is 15.6 Å². The van der Waals surface area contributed by atoms with Crippen LogP contribution in [-0.4, -0.2) is 14.3 Å². The SMILES string of the molecule is O=C(Nc1ccc(CBr)cc1)c1ccc(S(=O)(=O)F)cc1. The zero-order valence-corrected chi connectivity index (χ0v) is 13.1. The Morgan fingerprint density at radius 1 is 1.05 bits per heavy atom. The van der Waals surface area contributed by atoms with Gasteiger partial charge in [0.1, 0.15) is 0 Å². The van der Waals surface area contributed by atoms with Crippen LogP contribution < -0.4 is 5.32 Å². The van der Waals surface area contributed by atoms with Crippen molar-refractivity contribution in [3.8, 4) is 0 Å². The van der Waals surface area contributed by atoms with Crippen LogP contribution >= 0.6 is 15.9 Å². The predicted octanol–water partition coefficient (Wildman–Crippen LogP) is 3.49. The standard InChI is InChI=1S/C14H11BrFNO3S/c15-9-10-1-5-12(6-2-10)17-14(18)11-3-7-13(8-4-11)21(16,19)20/h1-8H,9H2,(H,17,18). The van der Waals surface area contributed by atoms with Crippen LogP contribution in [0.3, 0.4) is 0 Å². The maximum absolute atomic E-state index is 12.7. The lowest BCUT2D eigenvalue weighted by Gasteiger charge is -2.06. The van der Waals surface area contributed by atoms with Crippen LogP contribution in [0, 0.1) is 0 Å². The van der Waals surface area contributed by atoms with Gasteiger partial charge in [0.25, 0.3) is 5.91 Å². The van der Waals surface area contributed by atoms with E-state index in [0.717, 1.165) is 23.0 Å². The second-order valence-electron chi connectivity index (χ2n) is 4.25. The summed E-state index contributed by atoms with van der Waals surface area (Å²) < 4.78 is 34.1. The second-order valence-corrected chi connectivity index (χ2v) is 6.15. The van der Waals surface area contributed by atoms with Gasteiger partial charge in [-0.1, -0.05) is 28.1 Å². The van der Waals surface area contributed by atoms with Gasteiger partial charge in [-0.15, -0.1) is 3.89 Å². The molecule has 0 atom stereocenters. The number of alkyl halides is 1. The number of halogens is 2. The summed E-state index contributed by atoms with van der Waals surface area (Å²) in [6.45, 7) is 0. The van der Waals surface area contributed by atoms with E-state index < -0.39 is 21.0 Å². The van der Waals surface area contributed by atoms with E-state index >= 15 is 0 Å². The van der Waals surface area contributed by atoms with Gasteiger partial charge in [-0.2, -0.15) is 8.42 Å². The fourth-order valence-electron chi connectivity index (χ4n) is 1.65. The Morgan fingerprint density at radius 3 is 2.10 bits per heavy atom. The van der Waals surface area contributed by atoms with Crippen LogP contribution in [0.1, 0.15) is 15.9 Å². The number of hydrogen-bond donors (Lipinski definition) is 1. The average molecular weight is 372 g/mol. The average Bonchev–Trinajstić information content (AvgIpc) is 2.47. The maximum atomic E-state index is 12.7. The molecule has 2 aromatic carbocycles. The Balaban J connectivity index is 2.12. The van der Waals surface area contributed by atoms with Gasteiger partial charge in [0, 0.05) is 16.6 Å². The molecule has 2 rings (SSSR count). The minimum atomic E-state index is -4.75. The highest BCUT2D eigenvalue weighted by molar-refractivity contribution is 9.08. The summed E-state index contributed by atoms with van der Waals surface area (Å²) in [7, 11) is -4.75. The number of amides is 1. The smallest absolute Gasteiger partial charge is 0.322 e. The van der Waals surface area contributed by atoms with Gasteiger partial charge >= 0.3 is 10.2 Å². The summed E-state index contributed by atoms with van der Waals surface area (Å²) in [4.78, 5) is 11.5. The Hall–Kier alpha value is -1.73. The first-order valence-corrected chi connectivity index (χ1v) is 8.41. The van der Waals surface area contributed by atoms with Gasteiger partial charge < -0.3 is 5.32 Å². The Kier molecular flexibility index (Phi) is 4.74. The van der Waals surface area contributed by atoms with Gasteiger partial charge in [0.2, 0.25) is 0 Å². The molecule has 2 aromatic rings. The number of hydrogen-bond acceptors (Lipinski definition) is 3. The van der Waals surface area contributed by atoms with Crippen LogP contribution in [0.2, 0.25) is 0 Å². The van der Waals surface area contributed by atoms with Crippen LogP contribution in [0.5, 0.6) is 0 Å². The van der Waals surface area contributed by atoms with E-state index in [-0.39, 0.29) is 5.56 Å². The largest absolute Gasteiger partial charge is 0.332 e. The quantitative estimate of drug-likeness (QED) is 0.660. The van der Waals surface area contributed by atoms with E-state index in [4.69, 9.17) is 0 Å². The molecule has 0 spiro atoms. The molecule has 0 aliphatic carbocycles. The Labute approximate surface area is 130 Å². The molecule has 0 saturated heterocycles. The first-order valence-electron chi connectivity index (χ1n) is 5.91. The van der Waals surface area contributed by atoms with Crippen molar-refractivity contribution in [1.82, 2.24) is 0 Å². The van der Waals surface area contributed by atoms with Gasteiger partial charge in [0.15, 0.2) is 0 Å². The summed E-state index contributed by atoms with van der Waals surface area (Å²) in [5.74, 6) is -0.399. The molecule has 21 heavy (non-hydrogen) atoms. The molecule has 7 heteroatoms. The number of rotatable bonds is 4.